The lowest BCUT2D eigenvalue weighted by molar-refractivity contribution is 0.602. The third kappa shape index (κ3) is 2.78. The first-order valence-electron chi connectivity index (χ1n) is 6.64. The molecule has 1 nitrogen and oxygen atoms in total. The summed E-state index contributed by atoms with van der Waals surface area (Å²) in [6, 6.07) is 9.47. The number of hydrogen-bond donors (Lipinski definition) is 1. The first-order valence-corrected chi connectivity index (χ1v) is 6.64. The number of para-hydroxylation sites is 1. The maximum atomic E-state index is 3.72. The van der Waals surface area contributed by atoms with Crippen LogP contribution in [0, 0.1) is 5.92 Å². The van der Waals surface area contributed by atoms with E-state index in [0.717, 1.165) is 5.92 Å². The molecule has 1 saturated carbocycles. The summed E-state index contributed by atoms with van der Waals surface area (Å²) in [6.07, 6.45) is 6.46. The summed E-state index contributed by atoms with van der Waals surface area (Å²) in [5.74, 6) is 0.899. The molecule has 2 rings (SSSR count). The van der Waals surface area contributed by atoms with Crippen LogP contribution in [0.3, 0.4) is 0 Å². The van der Waals surface area contributed by atoms with Crippen LogP contribution in [0.15, 0.2) is 24.3 Å². The number of benzene rings is 1. The number of anilines is 1. The summed E-state index contributed by atoms with van der Waals surface area (Å²) in [7, 11) is 0. The van der Waals surface area contributed by atoms with Gasteiger partial charge in [-0.25, -0.2) is 0 Å². The second-order valence-electron chi connectivity index (χ2n) is 5.17. The van der Waals surface area contributed by atoms with E-state index in [-0.39, 0.29) is 0 Å². The van der Waals surface area contributed by atoms with Gasteiger partial charge in [0.2, 0.25) is 0 Å². The zero-order valence-corrected chi connectivity index (χ0v) is 10.5. The molecule has 0 amide bonds. The van der Waals surface area contributed by atoms with E-state index in [0.29, 0.717) is 6.04 Å². The lowest BCUT2D eigenvalue weighted by Gasteiger charge is -2.17. The highest BCUT2D eigenvalue weighted by molar-refractivity contribution is 5.52. The average Bonchev–Trinajstić information content (AvgIpc) is 2.67. The minimum Gasteiger partial charge on any atom is -0.382 e. The van der Waals surface area contributed by atoms with Crippen LogP contribution in [-0.2, 0) is 6.42 Å². The molecule has 1 aromatic rings. The first-order chi connectivity index (χ1) is 7.79. The van der Waals surface area contributed by atoms with Crippen LogP contribution in [0.5, 0.6) is 0 Å². The van der Waals surface area contributed by atoms with Crippen LogP contribution in [0.2, 0.25) is 0 Å². The van der Waals surface area contributed by atoms with Gasteiger partial charge in [-0.15, -0.1) is 0 Å². The molecule has 2 atom stereocenters. The highest BCUT2D eigenvalue weighted by Crippen LogP contribution is 2.28. The molecule has 0 spiro atoms. The molecule has 0 bridgehead atoms. The topological polar surface area (TPSA) is 12.0 Å². The molecule has 1 aromatic carbocycles. The summed E-state index contributed by atoms with van der Waals surface area (Å²) in [5.41, 5.74) is 2.84. The Kier molecular flexibility index (Phi) is 3.87. The lowest BCUT2D eigenvalue weighted by Crippen LogP contribution is -2.16. The van der Waals surface area contributed by atoms with Crippen LogP contribution in [0.1, 0.15) is 45.1 Å². The highest BCUT2D eigenvalue weighted by atomic mass is 14.9. The molecular weight excluding hydrogens is 194 g/mol. The SMILES string of the molecule is CCCc1ccccc1NC1CCC(C)C1. The second kappa shape index (κ2) is 5.38. The molecule has 1 aliphatic carbocycles. The van der Waals surface area contributed by atoms with E-state index in [9.17, 15) is 0 Å². The third-order valence-electron chi connectivity index (χ3n) is 3.59. The van der Waals surface area contributed by atoms with E-state index in [2.05, 4.69) is 43.4 Å². The van der Waals surface area contributed by atoms with Crippen molar-refractivity contribution in [2.24, 2.45) is 5.92 Å². The van der Waals surface area contributed by atoms with Crippen molar-refractivity contribution in [3.8, 4) is 0 Å². The predicted octanol–water partition coefficient (Wildman–Crippen LogP) is 4.24. The van der Waals surface area contributed by atoms with Crippen molar-refractivity contribution in [1.82, 2.24) is 0 Å². The van der Waals surface area contributed by atoms with Gasteiger partial charge < -0.3 is 5.32 Å². The van der Waals surface area contributed by atoms with E-state index in [4.69, 9.17) is 0 Å². The normalized spacial score (nSPS) is 24.6. The Labute approximate surface area is 99.3 Å². The predicted molar refractivity (Wildman–Crippen MR) is 70.9 cm³/mol. The van der Waals surface area contributed by atoms with Gasteiger partial charge in [-0.3, -0.25) is 0 Å². The van der Waals surface area contributed by atoms with Crippen molar-refractivity contribution < 1.29 is 0 Å². The monoisotopic (exact) mass is 217 g/mol. The molecule has 1 aliphatic rings. The van der Waals surface area contributed by atoms with Crippen molar-refractivity contribution in [2.45, 2.75) is 52.0 Å². The Hall–Kier alpha value is -0.980. The molecule has 1 heteroatoms. The highest BCUT2D eigenvalue weighted by Gasteiger charge is 2.21. The fourth-order valence-electron chi connectivity index (χ4n) is 2.71. The van der Waals surface area contributed by atoms with Crippen LogP contribution >= 0.6 is 0 Å². The summed E-state index contributed by atoms with van der Waals surface area (Å²) in [6.45, 7) is 4.61. The van der Waals surface area contributed by atoms with E-state index < -0.39 is 0 Å². The molecule has 1 fully saturated rings. The van der Waals surface area contributed by atoms with Gasteiger partial charge in [0.25, 0.3) is 0 Å². The van der Waals surface area contributed by atoms with Gasteiger partial charge in [-0.05, 0) is 43.2 Å². The van der Waals surface area contributed by atoms with Crippen LogP contribution in [0.25, 0.3) is 0 Å². The van der Waals surface area contributed by atoms with Crippen LogP contribution in [0.4, 0.5) is 5.69 Å². The van der Waals surface area contributed by atoms with Gasteiger partial charge in [0.05, 0.1) is 0 Å². The second-order valence-corrected chi connectivity index (χ2v) is 5.17. The number of hydrogen-bond acceptors (Lipinski definition) is 1. The van der Waals surface area contributed by atoms with Gasteiger partial charge in [0.1, 0.15) is 0 Å². The van der Waals surface area contributed by atoms with Crippen molar-refractivity contribution >= 4 is 5.69 Å². The molecule has 0 aliphatic heterocycles. The number of rotatable bonds is 4. The zero-order valence-electron chi connectivity index (χ0n) is 10.5. The molecular formula is C15H23N. The Bertz CT molecular complexity index is 332. The van der Waals surface area contributed by atoms with Crippen LogP contribution in [-0.4, -0.2) is 6.04 Å². The molecule has 0 heterocycles. The number of nitrogens with one attached hydrogen (secondary N) is 1. The number of aryl methyl sites for hydroxylation is 1. The summed E-state index contributed by atoms with van der Waals surface area (Å²) < 4.78 is 0. The summed E-state index contributed by atoms with van der Waals surface area (Å²) >= 11 is 0. The Morgan fingerprint density at radius 2 is 2.06 bits per heavy atom. The fourth-order valence-corrected chi connectivity index (χ4v) is 2.71. The van der Waals surface area contributed by atoms with E-state index >= 15 is 0 Å². The first kappa shape index (κ1) is 11.5. The van der Waals surface area contributed by atoms with Crippen molar-refractivity contribution in [3.63, 3.8) is 0 Å². The van der Waals surface area contributed by atoms with Crippen molar-refractivity contribution in [2.75, 3.05) is 5.32 Å². The molecule has 2 unspecified atom stereocenters. The van der Waals surface area contributed by atoms with Gasteiger partial charge in [0, 0.05) is 11.7 Å². The third-order valence-corrected chi connectivity index (χ3v) is 3.59. The van der Waals surface area contributed by atoms with Crippen molar-refractivity contribution in [1.29, 1.82) is 0 Å². The molecule has 0 saturated heterocycles. The van der Waals surface area contributed by atoms with Crippen LogP contribution < -0.4 is 5.32 Å². The standard InChI is InChI=1S/C15H23N/c1-3-6-13-7-4-5-8-15(13)16-14-10-9-12(2)11-14/h4-5,7-8,12,14,16H,3,6,9-11H2,1-2H3. The van der Waals surface area contributed by atoms with Gasteiger partial charge in [0.15, 0.2) is 0 Å². The van der Waals surface area contributed by atoms with E-state index in [1.54, 1.807) is 0 Å². The average molecular weight is 217 g/mol. The summed E-state index contributed by atoms with van der Waals surface area (Å²) in [4.78, 5) is 0. The zero-order chi connectivity index (χ0) is 11.4. The fraction of sp³-hybridized carbons (Fsp3) is 0.600. The minimum atomic E-state index is 0.702. The molecule has 16 heavy (non-hydrogen) atoms. The smallest absolute Gasteiger partial charge is 0.0374 e. The minimum absolute atomic E-state index is 0.702. The van der Waals surface area contributed by atoms with E-state index in [1.165, 1.54) is 43.4 Å². The quantitative estimate of drug-likeness (QED) is 0.795. The largest absolute Gasteiger partial charge is 0.382 e. The molecule has 0 radical (unpaired) electrons. The Morgan fingerprint density at radius 3 is 2.75 bits per heavy atom. The van der Waals surface area contributed by atoms with Gasteiger partial charge >= 0.3 is 0 Å². The van der Waals surface area contributed by atoms with E-state index in [1.807, 2.05) is 0 Å². The van der Waals surface area contributed by atoms with Gasteiger partial charge in [-0.2, -0.15) is 0 Å². The maximum Gasteiger partial charge on any atom is 0.0374 e. The maximum absolute atomic E-state index is 3.72. The lowest BCUT2D eigenvalue weighted by atomic mass is 10.1. The Morgan fingerprint density at radius 1 is 1.25 bits per heavy atom. The molecule has 1 N–H and O–H groups in total. The summed E-state index contributed by atoms with van der Waals surface area (Å²) in [5, 5.41) is 3.72. The molecule has 0 aromatic heterocycles. The van der Waals surface area contributed by atoms with Crippen molar-refractivity contribution in [3.05, 3.63) is 29.8 Å². The molecule has 88 valence electrons. The van der Waals surface area contributed by atoms with Gasteiger partial charge in [-0.1, -0.05) is 38.5 Å². The Balaban J connectivity index is 2.02.